The van der Waals surface area contributed by atoms with Crippen molar-refractivity contribution >= 4 is 15.9 Å². The van der Waals surface area contributed by atoms with Gasteiger partial charge in [-0.3, -0.25) is 4.79 Å². The summed E-state index contributed by atoms with van der Waals surface area (Å²) in [7, 11) is -3.45. The smallest absolute Gasteiger partial charge is 0.261 e. The van der Waals surface area contributed by atoms with Crippen molar-refractivity contribution in [2.75, 3.05) is 26.2 Å². The van der Waals surface area contributed by atoms with Crippen molar-refractivity contribution in [3.8, 4) is 11.5 Å². The summed E-state index contributed by atoms with van der Waals surface area (Å²) >= 11 is 0. The predicted molar refractivity (Wildman–Crippen MR) is 128 cm³/mol. The predicted octanol–water partition coefficient (Wildman–Crippen LogP) is 3.83. The van der Waals surface area contributed by atoms with Gasteiger partial charge in [0.05, 0.1) is 11.4 Å². The molecule has 0 bridgehead atoms. The van der Waals surface area contributed by atoms with Crippen LogP contribution in [-0.4, -0.2) is 51.0 Å². The highest BCUT2D eigenvalue weighted by molar-refractivity contribution is 7.89. The molecule has 0 saturated carbocycles. The van der Waals surface area contributed by atoms with E-state index in [1.807, 2.05) is 39.0 Å². The average molecular weight is 475 g/mol. The van der Waals surface area contributed by atoms with E-state index in [2.05, 4.69) is 5.32 Å². The summed E-state index contributed by atoms with van der Waals surface area (Å²) in [6.07, 6.45) is 2.85. The lowest BCUT2D eigenvalue weighted by Gasteiger charge is -2.25. The highest BCUT2D eigenvalue weighted by Gasteiger charge is 2.25. The van der Waals surface area contributed by atoms with Gasteiger partial charge in [0.25, 0.3) is 5.91 Å². The van der Waals surface area contributed by atoms with Crippen LogP contribution >= 0.6 is 0 Å². The number of piperidine rings is 1. The van der Waals surface area contributed by atoms with Crippen molar-refractivity contribution in [1.82, 2.24) is 9.62 Å². The first-order valence-electron chi connectivity index (χ1n) is 11.6. The summed E-state index contributed by atoms with van der Waals surface area (Å²) in [5.41, 5.74) is 2.06. The molecule has 180 valence electrons. The Bertz CT molecular complexity index is 1030. The third-order valence-electron chi connectivity index (χ3n) is 5.72. The van der Waals surface area contributed by atoms with Gasteiger partial charge in [0.15, 0.2) is 6.10 Å². The molecule has 0 spiro atoms. The molecule has 8 heteroatoms. The molecule has 1 unspecified atom stereocenters. The quantitative estimate of drug-likeness (QED) is 0.529. The first-order valence-corrected chi connectivity index (χ1v) is 13.0. The largest absolute Gasteiger partial charge is 0.492 e. The Morgan fingerprint density at radius 1 is 1.06 bits per heavy atom. The van der Waals surface area contributed by atoms with E-state index in [0.29, 0.717) is 37.6 Å². The highest BCUT2D eigenvalue weighted by atomic mass is 32.2. The van der Waals surface area contributed by atoms with E-state index in [0.717, 1.165) is 30.4 Å². The average Bonchev–Trinajstić information content (AvgIpc) is 2.83. The number of carbonyl (C=O) groups excluding carboxylic acids is 1. The number of sulfonamides is 1. The van der Waals surface area contributed by atoms with E-state index >= 15 is 0 Å². The molecule has 3 rings (SSSR count). The fourth-order valence-corrected chi connectivity index (χ4v) is 5.25. The van der Waals surface area contributed by atoms with Crippen molar-refractivity contribution in [3.63, 3.8) is 0 Å². The lowest BCUT2D eigenvalue weighted by molar-refractivity contribution is -0.128. The molecule has 1 N–H and O–H groups in total. The van der Waals surface area contributed by atoms with E-state index in [1.54, 1.807) is 28.6 Å². The van der Waals surface area contributed by atoms with Gasteiger partial charge in [-0.25, -0.2) is 8.42 Å². The van der Waals surface area contributed by atoms with E-state index < -0.39 is 16.1 Å². The van der Waals surface area contributed by atoms with Gasteiger partial charge in [0.1, 0.15) is 18.1 Å². The number of rotatable bonds is 10. The lowest BCUT2D eigenvalue weighted by atomic mass is 10.1. The van der Waals surface area contributed by atoms with Gasteiger partial charge in [-0.15, -0.1) is 0 Å². The van der Waals surface area contributed by atoms with Gasteiger partial charge in [-0.2, -0.15) is 4.31 Å². The van der Waals surface area contributed by atoms with Crippen LogP contribution in [0.15, 0.2) is 47.4 Å². The monoisotopic (exact) mass is 474 g/mol. The summed E-state index contributed by atoms with van der Waals surface area (Å²) in [6, 6.07) is 12.4. The molecule has 2 aromatic carbocycles. The van der Waals surface area contributed by atoms with Crippen molar-refractivity contribution < 1.29 is 22.7 Å². The van der Waals surface area contributed by atoms with Crippen LogP contribution in [0.1, 0.15) is 43.7 Å². The van der Waals surface area contributed by atoms with Gasteiger partial charge in [0.2, 0.25) is 10.0 Å². The molecule has 1 aliphatic heterocycles. The highest BCUT2D eigenvalue weighted by Crippen LogP contribution is 2.23. The molecule has 1 saturated heterocycles. The Labute approximate surface area is 197 Å². The topological polar surface area (TPSA) is 84.9 Å². The number of hydrogen-bond donors (Lipinski definition) is 1. The third-order valence-corrected chi connectivity index (χ3v) is 7.64. The molecule has 2 aromatic rings. The second-order valence-corrected chi connectivity index (χ2v) is 10.3. The summed E-state index contributed by atoms with van der Waals surface area (Å²) in [5, 5.41) is 2.85. The Morgan fingerprint density at radius 3 is 2.42 bits per heavy atom. The molecule has 1 fully saturated rings. The molecule has 0 radical (unpaired) electrons. The van der Waals surface area contributed by atoms with Gasteiger partial charge in [0, 0.05) is 13.1 Å². The third kappa shape index (κ3) is 6.71. The van der Waals surface area contributed by atoms with Crippen molar-refractivity contribution in [2.24, 2.45) is 0 Å². The summed E-state index contributed by atoms with van der Waals surface area (Å²) in [5.74, 6) is 1.08. The van der Waals surface area contributed by atoms with Crippen LogP contribution in [0, 0.1) is 13.8 Å². The number of carbonyl (C=O) groups is 1. The Hall–Kier alpha value is -2.58. The number of hydrogen-bond acceptors (Lipinski definition) is 5. The number of aryl methyl sites for hydroxylation is 2. The lowest BCUT2D eigenvalue weighted by Crippen LogP contribution is -2.39. The second-order valence-electron chi connectivity index (χ2n) is 8.36. The van der Waals surface area contributed by atoms with Crippen molar-refractivity contribution in [1.29, 1.82) is 0 Å². The molecule has 0 aromatic heterocycles. The number of ether oxygens (including phenoxy) is 2. The van der Waals surface area contributed by atoms with Crippen LogP contribution in [-0.2, 0) is 14.8 Å². The minimum absolute atomic E-state index is 0.190. The number of benzene rings is 2. The van der Waals surface area contributed by atoms with E-state index in [1.165, 1.54) is 0 Å². The summed E-state index contributed by atoms with van der Waals surface area (Å²) < 4.78 is 38.6. The molecule has 1 heterocycles. The summed E-state index contributed by atoms with van der Waals surface area (Å²) in [6.45, 7) is 7.59. The van der Waals surface area contributed by atoms with Gasteiger partial charge in [-0.05, 0) is 74.6 Å². The SMILES string of the molecule is CCC(Oc1cc(C)ccc1C)C(=O)NCCOc1ccc(S(=O)(=O)N2CCCCC2)cc1. The van der Waals surface area contributed by atoms with E-state index in [-0.39, 0.29) is 17.4 Å². The standard InChI is InChI=1S/C25H34N2O5S/c1-4-23(32-24-18-19(2)8-9-20(24)3)25(28)26-14-17-31-21-10-12-22(13-11-21)33(29,30)27-15-6-5-7-16-27/h8-13,18,23H,4-7,14-17H2,1-3H3,(H,26,28). The zero-order valence-corrected chi connectivity index (χ0v) is 20.5. The van der Waals surface area contributed by atoms with Crippen LogP contribution in [0.25, 0.3) is 0 Å². The van der Waals surface area contributed by atoms with Crippen LogP contribution in [0.5, 0.6) is 11.5 Å². The van der Waals surface area contributed by atoms with E-state index in [9.17, 15) is 13.2 Å². The van der Waals surface area contributed by atoms with E-state index in [4.69, 9.17) is 9.47 Å². The summed E-state index contributed by atoms with van der Waals surface area (Å²) in [4.78, 5) is 12.8. The Morgan fingerprint density at radius 2 is 1.76 bits per heavy atom. The van der Waals surface area contributed by atoms with Crippen molar-refractivity contribution in [3.05, 3.63) is 53.6 Å². The van der Waals surface area contributed by atoms with Crippen molar-refractivity contribution in [2.45, 2.75) is 57.5 Å². The van der Waals surface area contributed by atoms with Gasteiger partial charge < -0.3 is 14.8 Å². The molecule has 7 nitrogen and oxygen atoms in total. The molecular weight excluding hydrogens is 440 g/mol. The van der Waals surface area contributed by atoms with Crippen LogP contribution in [0.4, 0.5) is 0 Å². The zero-order valence-electron chi connectivity index (χ0n) is 19.7. The van der Waals surface area contributed by atoms with Gasteiger partial charge >= 0.3 is 0 Å². The normalized spacial score (nSPS) is 15.6. The number of nitrogens with zero attached hydrogens (tertiary/aromatic N) is 1. The minimum Gasteiger partial charge on any atom is -0.492 e. The molecule has 1 atom stereocenters. The fraction of sp³-hybridized carbons (Fsp3) is 0.480. The maximum Gasteiger partial charge on any atom is 0.261 e. The maximum atomic E-state index is 12.7. The van der Waals surface area contributed by atoms with Crippen LogP contribution in [0.2, 0.25) is 0 Å². The fourth-order valence-electron chi connectivity index (χ4n) is 3.73. The molecule has 0 aliphatic carbocycles. The maximum absolute atomic E-state index is 12.7. The van der Waals surface area contributed by atoms with Gasteiger partial charge in [-0.1, -0.05) is 25.5 Å². The number of nitrogens with one attached hydrogen (secondary N) is 1. The molecule has 33 heavy (non-hydrogen) atoms. The first kappa shape index (κ1) is 25.1. The first-order chi connectivity index (χ1) is 15.8. The Balaban J connectivity index is 1.47. The second kappa shape index (κ2) is 11.5. The molecular formula is C25H34N2O5S. The van der Waals surface area contributed by atoms with Crippen LogP contribution in [0.3, 0.4) is 0 Å². The van der Waals surface area contributed by atoms with Crippen LogP contribution < -0.4 is 14.8 Å². The number of amides is 1. The molecule has 1 amide bonds. The molecule has 1 aliphatic rings. The zero-order chi connectivity index (χ0) is 23.8. The minimum atomic E-state index is -3.45. The Kier molecular flexibility index (Phi) is 8.74.